The van der Waals surface area contributed by atoms with Crippen LogP contribution in [0.1, 0.15) is 35.6 Å². The van der Waals surface area contributed by atoms with Gasteiger partial charge in [-0.2, -0.15) is 18.3 Å². The van der Waals surface area contributed by atoms with Crippen LogP contribution < -0.4 is 0 Å². The molecule has 5 rings (SSSR count). The van der Waals surface area contributed by atoms with E-state index < -0.39 is 17.2 Å². The van der Waals surface area contributed by atoms with Gasteiger partial charge >= 0.3 is 6.18 Å². The number of amides is 1. The number of fused-ring (bicyclic) bond motifs is 1. The SMILES string of the molecule is CC(=O)N1CCC(Cc2cccc(C(F)(F)F)c2)(c2cc3cnn(-c4ccc(F)cc4)c3cc2C)C1. The highest BCUT2D eigenvalue weighted by Crippen LogP contribution is 2.42. The van der Waals surface area contributed by atoms with Gasteiger partial charge in [0.1, 0.15) is 5.82 Å². The Labute approximate surface area is 206 Å². The van der Waals surface area contributed by atoms with E-state index in [4.69, 9.17) is 0 Å². The van der Waals surface area contributed by atoms with Crippen LogP contribution in [0.15, 0.2) is 66.9 Å². The fraction of sp³-hybridized carbons (Fsp3) is 0.286. The molecule has 1 aromatic heterocycles. The molecule has 1 amide bonds. The molecule has 1 unspecified atom stereocenters. The van der Waals surface area contributed by atoms with Gasteiger partial charge in [0.15, 0.2) is 0 Å². The van der Waals surface area contributed by atoms with E-state index >= 15 is 0 Å². The molecule has 0 saturated carbocycles. The first-order valence-corrected chi connectivity index (χ1v) is 11.7. The number of likely N-dealkylation sites (tertiary alicyclic amines) is 1. The first kappa shape index (κ1) is 24.0. The molecule has 186 valence electrons. The van der Waals surface area contributed by atoms with Crippen molar-refractivity contribution in [3.05, 3.63) is 94.9 Å². The molecule has 1 fully saturated rings. The monoisotopic (exact) mass is 495 g/mol. The molecule has 1 saturated heterocycles. The molecule has 1 aliphatic heterocycles. The third kappa shape index (κ3) is 4.36. The van der Waals surface area contributed by atoms with Crippen molar-refractivity contribution >= 4 is 16.8 Å². The summed E-state index contributed by atoms with van der Waals surface area (Å²) in [5.41, 5.74) is 2.89. The Morgan fingerprint density at radius 2 is 1.83 bits per heavy atom. The van der Waals surface area contributed by atoms with Crippen molar-refractivity contribution in [3.63, 3.8) is 0 Å². The zero-order chi connectivity index (χ0) is 25.7. The minimum Gasteiger partial charge on any atom is -0.342 e. The van der Waals surface area contributed by atoms with Gasteiger partial charge in [0.05, 0.1) is 23.0 Å². The van der Waals surface area contributed by atoms with Gasteiger partial charge < -0.3 is 4.90 Å². The molecular formula is C28H25F4N3O. The average molecular weight is 496 g/mol. The zero-order valence-corrected chi connectivity index (χ0v) is 19.9. The molecule has 0 aliphatic carbocycles. The van der Waals surface area contributed by atoms with E-state index in [-0.39, 0.29) is 11.7 Å². The van der Waals surface area contributed by atoms with E-state index in [0.717, 1.165) is 33.8 Å². The summed E-state index contributed by atoms with van der Waals surface area (Å²) < 4.78 is 55.3. The minimum absolute atomic E-state index is 0.0521. The van der Waals surface area contributed by atoms with E-state index in [1.54, 1.807) is 34.0 Å². The van der Waals surface area contributed by atoms with Crippen LogP contribution in [0.5, 0.6) is 0 Å². The number of hydrogen-bond acceptors (Lipinski definition) is 2. The number of aryl methyl sites for hydroxylation is 1. The van der Waals surface area contributed by atoms with Gasteiger partial charge in [-0.25, -0.2) is 9.07 Å². The summed E-state index contributed by atoms with van der Waals surface area (Å²) >= 11 is 0. The second-order valence-corrected chi connectivity index (χ2v) is 9.60. The first-order chi connectivity index (χ1) is 17.1. The Morgan fingerprint density at radius 3 is 2.50 bits per heavy atom. The van der Waals surface area contributed by atoms with E-state index in [2.05, 4.69) is 5.10 Å². The van der Waals surface area contributed by atoms with Gasteiger partial charge in [-0.05, 0) is 78.9 Å². The third-order valence-electron chi connectivity index (χ3n) is 7.15. The predicted molar refractivity (Wildman–Crippen MR) is 129 cm³/mol. The molecule has 0 bridgehead atoms. The largest absolute Gasteiger partial charge is 0.416 e. The summed E-state index contributed by atoms with van der Waals surface area (Å²) in [5.74, 6) is -0.384. The van der Waals surface area contributed by atoms with Crippen molar-refractivity contribution in [2.24, 2.45) is 0 Å². The Kier molecular flexibility index (Phi) is 5.85. The number of carbonyl (C=O) groups is 1. The molecule has 2 heterocycles. The summed E-state index contributed by atoms with van der Waals surface area (Å²) in [7, 11) is 0. The third-order valence-corrected chi connectivity index (χ3v) is 7.15. The number of rotatable bonds is 4. The van der Waals surface area contributed by atoms with E-state index in [1.165, 1.54) is 31.2 Å². The van der Waals surface area contributed by atoms with Crippen LogP contribution in [0.4, 0.5) is 17.6 Å². The van der Waals surface area contributed by atoms with Gasteiger partial charge in [0.2, 0.25) is 5.91 Å². The van der Waals surface area contributed by atoms with E-state index in [0.29, 0.717) is 31.5 Å². The lowest BCUT2D eigenvalue weighted by atomic mass is 9.72. The smallest absolute Gasteiger partial charge is 0.342 e. The van der Waals surface area contributed by atoms with Crippen molar-refractivity contribution in [3.8, 4) is 5.69 Å². The number of nitrogens with zero attached hydrogens (tertiary/aromatic N) is 3. The number of halogens is 4. The Balaban J connectivity index is 1.60. The quantitative estimate of drug-likeness (QED) is 0.315. The van der Waals surface area contributed by atoms with Gasteiger partial charge in [0, 0.05) is 30.8 Å². The predicted octanol–water partition coefficient (Wildman–Crippen LogP) is 6.22. The zero-order valence-electron chi connectivity index (χ0n) is 19.9. The molecule has 1 atom stereocenters. The average Bonchev–Trinajstić information content (AvgIpc) is 3.44. The molecule has 0 spiro atoms. The Morgan fingerprint density at radius 1 is 1.08 bits per heavy atom. The van der Waals surface area contributed by atoms with Gasteiger partial charge in [-0.1, -0.05) is 18.2 Å². The van der Waals surface area contributed by atoms with Crippen LogP contribution in [0.3, 0.4) is 0 Å². The number of benzene rings is 3. The molecule has 36 heavy (non-hydrogen) atoms. The number of alkyl halides is 3. The first-order valence-electron chi connectivity index (χ1n) is 11.7. The van der Waals surface area contributed by atoms with E-state index in [9.17, 15) is 22.4 Å². The number of carbonyl (C=O) groups excluding carboxylic acids is 1. The lowest BCUT2D eigenvalue weighted by Crippen LogP contribution is -2.35. The van der Waals surface area contributed by atoms with Crippen LogP contribution >= 0.6 is 0 Å². The fourth-order valence-electron chi connectivity index (χ4n) is 5.39. The maximum absolute atomic E-state index is 13.4. The van der Waals surface area contributed by atoms with E-state index in [1.807, 2.05) is 19.1 Å². The van der Waals surface area contributed by atoms with Crippen LogP contribution in [0.2, 0.25) is 0 Å². The second kappa shape index (κ2) is 8.76. The topological polar surface area (TPSA) is 38.1 Å². The maximum atomic E-state index is 13.4. The molecule has 0 N–H and O–H groups in total. The fourth-order valence-corrected chi connectivity index (χ4v) is 5.39. The highest BCUT2D eigenvalue weighted by molar-refractivity contribution is 5.83. The van der Waals surface area contributed by atoms with Crippen LogP contribution in [-0.4, -0.2) is 33.7 Å². The van der Waals surface area contributed by atoms with Crippen LogP contribution in [-0.2, 0) is 22.8 Å². The van der Waals surface area contributed by atoms with Gasteiger partial charge in [0.25, 0.3) is 0 Å². The number of hydrogen-bond donors (Lipinski definition) is 0. The lowest BCUT2D eigenvalue weighted by Gasteiger charge is -2.32. The summed E-state index contributed by atoms with van der Waals surface area (Å²) in [5, 5.41) is 5.36. The summed E-state index contributed by atoms with van der Waals surface area (Å²) in [6.45, 7) is 4.46. The number of aromatic nitrogens is 2. The van der Waals surface area contributed by atoms with Crippen molar-refractivity contribution in [1.82, 2.24) is 14.7 Å². The Bertz CT molecular complexity index is 1440. The van der Waals surface area contributed by atoms with Crippen LogP contribution in [0.25, 0.3) is 16.6 Å². The standard InChI is InChI=1S/C28H25F4N3O/c1-18-12-26-21(16-33-35(26)24-8-6-23(29)7-9-24)14-25(18)27(10-11-34(17-27)19(2)36)15-20-4-3-5-22(13-20)28(30,31)32/h3-9,12-14,16H,10-11,15,17H2,1-2H3. The Hall–Kier alpha value is -3.68. The summed E-state index contributed by atoms with van der Waals surface area (Å²) in [6.07, 6.45) is -1.67. The molecule has 3 aromatic carbocycles. The van der Waals surface area contributed by atoms with Crippen molar-refractivity contribution in [2.75, 3.05) is 13.1 Å². The normalized spacial score (nSPS) is 18.2. The molecule has 4 aromatic rings. The molecule has 8 heteroatoms. The minimum atomic E-state index is -4.42. The van der Waals surface area contributed by atoms with Crippen molar-refractivity contribution in [2.45, 2.75) is 38.3 Å². The maximum Gasteiger partial charge on any atom is 0.416 e. The lowest BCUT2D eigenvalue weighted by molar-refractivity contribution is -0.137. The van der Waals surface area contributed by atoms with Gasteiger partial charge in [-0.15, -0.1) is 0 Å². The molecular weight excluding hydrogens is 470 g/mol. The summed E-state index contributed by atoms with van der Waals surface area (Å²) in [6, 6.07) is 15.5. The van der Waals surface area contributed by atoms with Gasteiger partial charge in [-0.3, -0.25) is 4.79 Å². The van der Waals surface area contributed by atoms with Crippen LogP contribution in [0, 0.1) is 12.7 Å². The summed E-state index contributed by atoms with van der Waals surface area (Å²) in [4.78, 5) is 14.0. The second-order valence-electron chi connectivity index (χ2n) is 9.60. The molecule has 4 nitrogen and oxygen atoms in total. The molecule has 0 radical (unpaired) electrons. The van der Waals surface area contributed by atoms with Crippen molar-refractivity contribution < 1.29 is 22.4 Å². The molecule has 1 aliphatic rings. The highest BCUT2D eigenvalue weighted by atomic mass is 19.4. The highest BCUT2D eigenvalue weighted by Gasteiger charge is 2.42. The van der Waals surface area contributed by atoms with Crippen molar-refractivity contribution in [1.29, 1.82) is 0 Å².